The molecule has 1 aliphatic heterocycles. The predicted octanol–water partition coefficient (Wildman–Crippen LogP) is 4.52. The lowest BCUT2D eigenvalue weighted by molar-refractivity contribution is 0.0789. The van der Waals surface area contributed by atoms with Gasteiger partial charge in [0, 0.05) is 26.2 Å². The molecule has 0 saturated carbocycles. The molecule has 1 aromatic rings. The standard InChI is InChI=1S/C22H36N2O3/c1-4-8-19(3)20-9-11-21(12-10-20)27-18-7-6-13-23-14-16-24(17-15-23)22(25)26-5-2/h9-12,19H,4-8,13-18H2,1-3H3. The summed E-state index contributed by atoms with van der Waals surface area (Å²) in [5, 5.41) is 0. The SMILES string of the molecule is CCCC(C)c1ccc(OCCCCN2CCN(C(=O)OCC)CC2)cc1. The number of carbonyl (C=O) groups is 1. The lowest BCUT2D eigenvalue weighted by Gasteiger charge is -2.33. The largest absolute Gasteiger partial charge is 0.494 e. The van der Waals surface area contributed by atoms with Crippen LogP contribution in [0.5, 0.6) is 5.75 Å². The Bertz CT molecular complexity index is 539. The fourth-order valence-electron chi connectivity index (χ4n) is 3.49. The molecule has 0 N–H and O–H groups in total. The number of ether oxygens (including phenoxy) is 2. The second kappa shape index (κ2) is 11.9. The second-order valence-electron chi connectivity index (χ2n) is 7.34. The molecule has 5 nitrogen and oxygen atoms in total. The molecule has 27 heavy (non-hydrogen) atoms. The van der Waals surface area contributed by atoms with Crippen LogP contribution in [0.4, 0.5) is 4.79 Å². The molecule has 1 aliphatic rings. The predicted molar refractivity (Wildman–Crippen MR) is 110 cm³/mol. The van der Waals surface area contributed by atoms with Crippen molar-refractivity contribution in [3.05, 3.63) is 29.8 Å². The van der Waals surface area contributed by atoms with Gasteiger partial charge in [-0.2, -0.15) is 0 Å². The average Bonchev–Trinajstić information content (AvgIpc) is 2.69. The first-order chi connectivity index (χ1) is 13.1. The van der Waals surface area contributed by atoms with E-state index in [2.05, 4.69) is 43.0 Å². The Morgan fingerprint density at radius 3 is 2.41 bits per heavy atom. The number of nitrogens with zero attached hydrogens (tertiary/aromatic N) is 2. The number of carbonyl (C=O) groups excluding carboxylic acids is 1. The summed E-state index contributed by atoms with van der Waals surface area (Å²) in [7, 11) is 0. The van der Waals surface area contributed by atoms with E-state index in [4.69, 9.17) is 9.47 Å². The van der Waals surface area contributed by atoms with E-state index in [9.17, 15) is 4.79 Å². The molecule has 1 heterocycles. The maximum absolute atomic E-state index is 11.7. The summed E-state index contributed by atoms with van der Waals surface area (Å²) in [5.41, 5.74) is 1.39. The van der Waals surface area contributed by atoms with Crippen LogP contribution in [0.25, 0.3) is 0 Å². The van der Waals surface area contributed by atoms with Gasteiger partial charge in [0.05, 0.1) is 13.2 Å². The Labute approximate surface area is 164 Å². The van der Waals surface area contributed by atoms with Crippen LogP contribution in [0, 0.1) is 0 Å². The Balaban J connectivity index is 1.57. The van der Waals surface area contributed by atoms with Crippen LogP contribution >= 0.6 is 0 Å². The third kappa shape index (κ3) is 7.41. The van der Waals surface area contributed by atoms with Gasteiger partial charge >= 0.3 is 6.09 Å². The zero-order valence-electron chi connectivity index (χ0n) is 17.3. The Morgan fingerprint density at radius 2 is 1.78 bits per heavy atom. The summed E-state index contributed by atoms with van der Waals surface area (Å²) in [6.45, 7) is 12.0. The minimum Gasteiger partial charge on any atom is -0.494 e. The summed E-state index contributed by atoms with van der Waals surface area (Å²) in [5.74, 6) is 1.58. The molecule has 0 radical (unpaired) electrons. The maximum Gasteiger partial charge on any atom is 0.409 e. The lowest BCUT2D eigenvalue weighted by atomic mass is 9.97. The third-order valence-electron chi connectivity index (χ3n) is 5.21. The third-order valence-corrected chi connectivity index (χ3v) is 5.21. The zero-order chi connectivity index (χ0) is 19.5. The van der Waals surface area contributed by atoms with Gasteiger partial charge in [-0.05, 0) is 56.3 Å². The van der Waals surface area contributed by atoms with E-state index >= 15 is 0 Å². The quantitative estimate of drug-likeness (QED) is 0.563. The smallest absolute Gasteiger partial charge is 0.409 e. The van der Waals surface area contributed by atoms with Gasteiger partial charge in [0.25, 0.3) is 0 Å². The van der Waals surface area contributed by atoms with Crippen LogP contribution in [0.3, 0.4) is 0 Å². The molecule has 0 aliphatic carbocycles. The molecule has 1 atom stereocenters. The van der Waals surface area contributed by atoms with Crippen molar-refractivity contribution in [1.82, 2.24) is 9.80 Å². The summed E-state index contributed by atoms with van der Waals surface area (Å²) < 4.78 is 10.9. The highest BCUT2D eigenvalue weighted by atomic mass is 16.6. The van der Waals surface area contributed by atoms with Gasteiger partial charge in [-0.1, -0.05) is 32.4 Å². The summed E-state index contributed by atoms with van der Waals surface area (Å²) in [6, 6.07) is 8.57. The molecule has 0 spiro atoms. The van der Waals surface area contributed by atoms with Gasteiger partial charge < -0.3 is 14.4 Å². The van der Waals surface area contributed by atoms with E-state index in [-0.39, 0.29) is 6.09 Å². The number of rotatable bonds is 10. The molecular formula is C22H36N2O3. The number of hydrogen-bond donors (Lipinski definition) is 0. The summed E-state index contributed by atoms with van der Waals surface area (Å²) in [4.78, 5) is 15.9. The number of unbranched alkanes of at least 4 members (excludes halogenated alkanes) is 1. The van der Waals surface area contributed by atoms with Crippen molar-refractivity contribution in [3.63, 3.8) is 0 Å². The van der Waals surface area contributed by atoms with Gasteiger partial charge in [0.2, 0.25) is 0 Å². The molecular weight excluding hydrogens is 340 g/mol. The molecule has 0 bridgehead atoms. The zero-order valence-corrected chi connectivity index (χ0v) is 17.3. The molecule has 2 rings (SSSR count). The fraction of sp³-hybridized carbons (Fsp3) is 0.682. The molecule has 1 unspecified atom stereocenters. The molecule has 1 fully saturated rings. The average molecular weight is 377 g/mol. The second-order valence-corrected chi connectivity index (χ2v) is 7.34. The van der Waals surface area contributed by atoms with Crippen molar-refractivity contribution in [3.8, 4) is 5.75 Å². The number of amides is 1. The van der Waals surface area contributed by atoms with E-state index in [1.54, 1.807) is 4.90 Å². The van der Waals surface area contributed by atoms with Gasteiger partial charge in [-0.15, -0.1) is 0 Å². The fourth-order valence-corrected chi connectivity index (χ4v) is 3.49. The highest BCUT2D eigenvalue weighted by Crippen LogP contribution is 2.23. The molecule has 1 saturated heterocycles. The van der Waals surface area contributed by atoms with Gasteiger partial charge in [0.1, 0.15) is 5.75 Å². The molecule has 152 valence electrons. The summed E-state index contributed by atoms with van der Waals surface area (Å²) >= 11 is 0. The maximum atomic E-state index is 11.7. The molecule has 1 amide bonds. The monoisotopic (exact) mass is 376 g/mol. The Kier molecular flexibility index (Phi) is 9.46. The van der Waals surface area contributed by atoms with Gasteiger partial charge in [-0.3, -0.25) is 4.90 Å². The Hall–Kier alpha value is -1.75. The van der Waals surface area contributed by atoms with Crippen molar-refractivity contribution < 1.29 is 14.3 Å². The van der Waals surface area contributed by atoms with Crippen molar-refractivity contribution in [2.75, 3.05) is 45.9 Å². The minimum absolute atomic E-state index is 0.180. The van der Waals surface area contributed by atoms with E-state index in [1.807, 2.05) is 6.92 Å². The first-order valence-corrected chi connectivity index (χ1v) is 10.5. The number of piperazine rings is 1. The first-order valence-electron chi connectivity index (χ1n) is 10.5. The van der Waals surface area contributed by atoms with E-state index in [1.165, 1.54) is 18.4 Å². The van der Waals surface area contributed by atoms with Crippen molar-refractivity contribution >= 4 is 6.09 Å². The van der Waals surface area contributed by atoms with Crippen LogP contribution < -0.4 is 4.74 Å². The summed E-state index contributed by atoms with van der Waals surface area (Å²) in [6.07, 6.45) is 4.43. The van der Waals surface area contributed by atoms with Crippen LogP contribution in [0.1, 0.15) is 57.9 Å². The highest BCUT2D eigenvalue weighted by Gasteiger charge is 2.21. The molecule has 0 aromatic heterocycles. The highest BCUT2D eigenvalue weighted by molar-refractivity contribution is 5.67. The normalized spacial score (nSPS) is 16.2. The number of hydrogen-bond acceptors (Lipinski definition) is 4. The van der Waals surface area contributed by atoms with E-state index in [0.29, 0.717) is 12.5 Å². The van der Waals surface area contributed by atoms with Crippen LogP contribution in [0.15, 0.2) is 24.3 Å². The minimum atomic E-state index is -0.180. The van der Waals surface area contributed by atoms with Gasteiger partial charge in [0.15, 0.2) is 0 Å². The van der Waals surface area contributed by atoms with Crippen LogP contribution in [-0.4, -0.2) is 61.8 Å². The van der Waals surface area contributed by atoms with Crippen molar-refractivity contribution in [1.29, 1.82) is 0 Å². The Morgan fingerprint density at radius 1 is 1.07 bits per heavy atom. The first kappa shape index (κ1) is 21.5. The number of benzene rings is 1. The van der Waals surface area contributed by atoms with Crippen molar-refractivity contribution in [2.45, 2.75) is 52.4 Å². The van der Waals surface area contributed by atoms with E-state index in [0.717, 1.165) is 57.9 Å². The topological polar surface area (TPSA) is 42.0 Å². The van der Waals surface area contributed by atoms with Gasteiger partial charge in [-0.25, -0.2) is 4.79 Å². The van der Waals surface area contributed by atoms with Crippen molar-refractivity contribution in [2.24, 2.45) is 0 Å². The van der Waals surface area contributed by atoms with Crippen LogP contribution in [-0.2, 0) is 4.74 Å². The molecule has 5 heteroatoms. The van der Waals surface area contributed by atoms with Crippen LogP contribution in [0.2, 0.25) is 0 Å². The lowest BCUT2D eigenvalue weighted by Crippen LogP contribution is -2.49. The van der Waals surface area contributed by atoms with E-state index < -0.39 is 0 Å². The molecule has 1 aromatic carbocycles.